The summed E-state index contributed by atoms with van der Waals surface area (Å²) < 4.78 is 31.0. The van der Waals surface area contributed by atoms with Crippen LogP contribution >= 0.6 is 11.3 Å². The van der Waals surface area contributed by atoms with Crippen LogP contribution in [0.3, 0.4) is 0 Å². The highest BCUT2D eigenvalue weighted by Gasteiger charge is 2.34. The molecule has 8 heteroatoms. The quantitative estimate of drug-likeness (QED) is 0.760. The van der Waals surface area contributed by atoms with E-state index in [1.807, 2.05) is 17.5 Å². The first-order valence-corrected chi connectivity index (χ1v) is 12.3. The van der Waals surface area contributed by atoms with E-state index in [2.05, 4.69) is 16.3 Å². The number of rotatable bonds is 6. The Kier molecular flexibility index (Phi) is 6.03. The molecule has 2 aliphatic rings. The molecule has 4 rings (SSSR count). The van der Waals surface area contributed by atoms with Gasteiger partial charge in [0.1, 0.15) is 11.5 Å². The highest BCUT2D eigenvalue weighted by Crippen LogP contribution is 2.31. The van der Waals surface area contributed by atoms with E-state index in [0.717, 1.165) is 25.9 Å². The fourth-order valence-corrected chi connectivity index (χ4v) is 6.14. The van der Waals surface area contributed by atoms with Gasteiger partial charge in [-0.2, -0.15) is 0 Å². The van der Waals surface area contributed by atoms with E-state index in [1.165, 1.54) is 4.88 Å². The van der Waals surface area contributed by atoms with Crippen LogP contribution in [-0.4, -0.2) is 51.2 Å². The predicted molar refractivity (Wildman–Crippen MR) is 114 cm³/mol. The summed E-state index contributed by atoms with van der Waals surface area (Å²) >= 11 is 1.67. The van der Waals surface area contributed by atoms with Crippen molar-refractivity contribution < 1.29 is 17.9 Å². The van der Waals surface area contributed by atoms with Crippen LogP contribution in [0.25, 0.3) is 4.91 Å². The lowest BCUT2D eigenvalue weighted by Crippen LogP contribution is -2.38. The van der Waals surface area contributed by atoms with E-state index >= 15 is 0 Å². The van der Waals surface area contributed by atoms with Crippen molar-refractivity contribution in [2.24, 2.45) is 0 Å². The van der Waals surface area contributed by atoms with E-state index < -0.39 is 15.7 Å². The Morgan fingerprint density at radius 3 is 2.59 bits per heavy atom. The molecule has 0 bridgehead atoms. The number of nitrogens with one attached hydrogen (secondary N) is 1. The monoisotopic (exact) mass is 432 g/mol. The highest BCUT2D eigenvalue weighted by atomic mass is 32.2. The molecule has 2 aliphatic heterocycles. The van der Waals surface area contributed by atoms with Crippen molar-refractivity contribution in [3.63, 3.8) is 0 Å². The maximum Gasteiger partial charge on any atom is 0.287 e. The lowest BCUT2D eigenvalue weighted by Gasteiger charge is -2.27. The van der Waals surface area contributed by atoms with Crippen molar-refractivity contribution in [3.05, 3.63) is 64.0 Å². The summed E-state index contributed by atoms with van der Waals surface area (Å²) in [4.78, 5) is 16.5. The molecule has 0 unspecified atom stereocenters. The smallest absolute Gasteiger partial charge is 0.287 e. The highest BCUT2D eigenvalue weighted by molar-refractivity contribution is 8.00. The SMILES string of the molecule is O=C(NC[C@@H](c1cccs1)N1CCCC1)C1=C(c2ccccc2)S(=O)(=O)CCO1. The van der Waals surface area contributed by atoms with Crippen LogP contribution in [-0.2, 0) is 19.4 Å². The number of thiophene rings is 1. The second-order valence-electron chi connectivity index (χ2n) is 7.18. The number of amides is 1. The third-order valence-electron chi connectivity index (χ3n) is 5.27. The van der Waals surface area contributed by atoms with Crippen LogP contribution in [0.4, 0.5) is 0 Å². The van der Waals surface area contributed by atoms with Crippen molar-refractivity contribution in [1.29, 1.82) is 0 Å². The Bertz CT molecular complexity index is 979. The van der Waals surface area contributed by atoms with E-state index in [0.29, 0.717) is 12.1 Å². The van der Waals surface area contributed by atoms with E-state index in [-0.39, 0.29) is 29.1 Å². The molecule has 0 spiro atoms. The maximum atomic E-state index is 13.0. The molecule has 1 saturated heterocycles. The zero-order valence-electron chi connectivity index (χ0n) is 16.0. The second-order valence-corrected chi connectivity index (χ2v) is 10.2. The number of carbonyl (C=O) groups excluding carboxylic acids is 1. The summed E-state index contributed by atoms with van der Waals surface area (Å²) in [5.74, 6) is -0.707. The molecule has 1 aromatic carbocycles. The van der Waals surface area contributed by atoms with Crippen LogP contribution < -0.4 is 5.32 Å². The topological polar surface area (TPSA) is 75.7 Å². The van der Waals surface area contributed by atoms with Crippen molar-refractivity contribution >= 4 is 32.0 Å². The van der Waals surface area contributed by atoms with E-state index in [9.17, 15) is 13.2 Å². The van der Waals surface area contributed by atoms with Crippen LogP contribution in [0.1, 0.15) is 29.3 Å². The fourth-order valence-electron chi connectivity index (χ4n) is 3.84. The first-order valence-electron chi connectivity index (χ1n) is 9.77. The van der Waals surface area contributed by atoms with Crippen molar-refractivity contribution in [1.82, 2.24) is 10.2 Å². The summed E-state index contributed by atoms with van der Waals surface area (Å²) in [7, 11) is -3.58. The number of ether oxygens (including phenoxy) is 1. The van der Waals surface area contributed by atoms with Crippen LogP contribution in [0.5, 0.6) is 0 Å². The molecular formula is C21H24N2O4S2. The number of nitrogens with zero attached hydrogens (tertiary/aromatic N) is 1. The average molecular weight is 433 g/mol. The molecule has 154 valence electrons. The molecule has 0 radical (unpaired) electrons. The molecule has 1 amide bonds. The predicted octanol–water partition coefficient (Wildman–Crippen LogP) is 2.82. The first kappa shape index (κ1) is 20.1. The Balaban J connectivity index is 1.59. The molecule has 1 fully saturated rings. The number of hydrogen-bond donors (Lipinski definition) is 1. The molecule has 2 aromatic rings. The molecule has 3 heterocycles. The Morgan fingerprint density at radius 1 is 1.14 bits per heavy atom. The normalized spacial score (nSPS) is 20.3. The lowest BCUT2D eigenvalue weighted by molar-refractivity contribution is -0.121. The van der Waals surface area contributed by atoms with Crippen LogP contribution in [0.15, 0.2) is 53.6 Å². The molecule has 1 atom stereocenters. The molecule has 6 nitrogen and oxygen atoms in total. The fraction of sp³-hybridized carbons (Fsp3) is 0.381. The molecule has 1 N–H and O–H groups in total. The summed E-state index contributed by atoms with van der Waals surface area (Å²) in [6.45, 7) is 2.40. The minimum Gasteiger partial charge on any atom is -0.486 e. The zero-order chi connectivity index (χ0) is 20.3. The zero-order valence-corrected chi connectivity index (χ0v) is 17.7. The Labute approximate surface area is 175 Å². The number of sulfone groups is 1. The minimum atomic E-state index is -3.58. The van der Waals surface area contributed by atoms with Gasteiger partial charge in [-0.15, -0.1) is 11.3 Å². The van der Waals surface area contributed by atoms with Gasteiger partial charge in [0.25, 0.3) is 5.91 Å². The van der Waals surface area contributed by atoms with E-state index in [4.69, 9.17) is 4.74 Å². The Morgan fingerprint density at radius 2 is 1.90 bits per heavy atom. The lowest BCUT2D eigenvalue weighted by atomic mass is 10.2. The second kappa shape index (κ2) is 8.69. The van der Waals surface area contributed by atoms with E-state index in [1.54, 1.807) is 35.6 Å². The summed E-state index contributed by atoms with van der Waals surface area (Å²) in [5, 5.41) is 4.97. The number of benzene rings is 1. The number of carbonyl (C=O) groups is 1. The standard InChI is InChI=1S/C21H24N2O4S2/c24-21(22-15-17(18-9-6-13-28-18)23-10-4-5-11-23)19-20(16-7-2-1-3-8-16)29(25,26)14-12-27-19/h1-3,6-9,13,17H,4-5,10-12,14-15H2,(H,22,24)/t17-/m0/s1. The van der Waals surface area contributed by atoms with Gasteiger partial charge in [-0.3, -0.25) is 9.69 Å². The third kappa shape index (κ3) is 4.39. The van der Waals surface area contributed by atoms with Gasteiger partial charge in [-0.05, 0) is 42.9 Å². The van der Waals surface area contributed by atoms with Gasteiger partial charge in [0.15, 0.2) is 9.84 Å². The first-order chi connectivity index (χ1) is 14.1. The Hall–Kier alpha value is -2.16. The summed E-state index contributed by atoms with van der Waals surface area (Å²) in [6.07, 6.45) is 2.31. The van der Waals surface area contributed by atoms with Gasteiger partial charge >= 0.3 is 0 Å². The minimum absolute atomic E-state index is 0.0120. The van der Waals surface area contributed by atoms with Gasteiger partial charge in [-0.1, -0.05) is 36.4 Å². The number of likely N-dealkylation sites (tertiary alicyclic amines) is 1. The van der Waals surface area contributed by atoms with Gasteiger partial charge < -0.3 is 10.1 Å². The van der Waals surface area contributed by atoms with Gasteiger partial charge in [0, 0.05) is 11.4 Å². The van der Waals surface area contributed by atoms with Gasteiger partial charge in [0.2, 0.25) is 5.76 Å². The number of hydrogen-bond acceptors (Lipinski definition) is 6. The molecule has 0 aliphatic carbocycles. The van der Waals surface area contributed by atoms with Crippen LogP contribution in [0, 0.1) is 0 Å². The van der Waals surface area contributed by atoms with Crippen molar-refractivity contribution in [2.45, 2.75) is 18.9 Å². The molecule has 29 heavy (non-hydrogen) atoms. The maximum absolute atomic E-state index is 13.0. The largest absolute Gasteiger partial charge is 0.486 e. The van der Waals surface area contributed by atoms with Gasteiger partial charge in [0.05, 0.1) is 11.8 Å². The molecular weight excluding hydrogens is 408 g/mol. The van der Waals surface area contributed by atoms with Crippen molar-refractivity contribution in [3.8, 4) is 0 Å². The third-order valence-corrected chi connectivity index (χ3v) is 7.99. The average Bonchev–Trinajstić information content (AvgIpc) is 3.42. The molecule has 0 saturated carbocycles. The summed E-state index contributed by atoms with van der Waals surface area (Å²) in [5.41, 5.74) is 0.478. The molecule has 1 aromatic heterocycles. The van der Waals surface area contributed by atoms with Gasteiger partial charge in [-0.25, -0.2) is 8.42 Å². The van der Waals surface area contributed by atoms with Crippen LogP contribution in [0.2, 0.25) is 0 Å². The summed E-state index contributed by atoms with van der Waals surface area (Å²) in [6, 6.07) is 12.9. The van der Waals surface area contributed by atoms with Crippen molar-refractivity contribution in [2.75, 3.05) is 32.0 Å².